The maximum atomic E-state index is 10.6. The summed E-state index contributed by atoms with van der Waals surface area (Å²) in [6, 6.07) is -0.456. The Hall–Kier alpha value is -0.320. The van der Waals surface area contributed by atoms with Crippen molar-refractivity contribution >= 4 is 33.1 Å². The molecule has 0 aromatic rings. The van der Waals surface area contributed by atoms with Crippen molar-refractivity contribution in [1.82, 2.24) is 10.2 Å². The van der Waals surface area contributed by atoms with E-state index in [2.05, 4.69) is 42.7 Å². The molecular formula is C14H29N2O3PS. The van der Waals surface area contributed by atoms with Gasteiger partial charge in [0.05, 0.1) is 13.2 Å². The third kappa shape index (κ3) is 8.03. The summed E-state index contributed by atoms with van der Waals surface area (Å²) in [5.74, 6) is 0.0894. The third-order valence-corrected chi connectivity index (χ3v) is 3.92. The van der Waals surface area contributed by atoms with Crippen molar-refractivity contribution in [2.75, 3.05) is 27.2 Å². The summed E-state index contributed by atoms with van der Waals surface area (Å²) in [5, 5.41) is 2.39. The Labute approximate surface area is 135 Å². The molecule has 1 N–H and O–H groups in total. The van der Waals surface area contributed by atoms with Gasteiger partial charge in [-0.2, -0.15) is 12.2 Å². The first-order chi connectivity index (χ1) is 9.92. The maximum absolute atomic E-state index is 10.6. The number of carbonyl (C=O) groups excluding carboxylic acids is 2. The first-order valence-corrected chi connectivity index (χ1v) is 9.23. The van der Waals surface area contributed by atoms with Crippen LogP contribution >= 0.6 is 20.7 Å². The lowest BCUT2D eigenvalue weighted by Crippen LogP contribution is -2.39. The average molecular weight is 336 g/mol. The van der Waals surface area contributed by atoms with Gasteiger partial charge in [-0.05, 0) is 44.2 Å². The van der Waals surface area contributed by atoms with Gasteiger partial charge in [-0.3, -0.25) is 0 Å². The number of methoxy groups -OCH3 is 1. The monoisotopic (exact) mass is 336 g/mol. The number of carbonyl (C=O) groups is 2. The molecule has 1 saturated heterocycles. The Morgan fingerprint density at radius 3 is 2.19 bits per heavy atom. The fourth-order valence-electron chi connectivity index (χ4n) is 2.30. The Bertz CT molecular complexity index is 325. The number of nitrogens with zero attached hydrogens (tertiary/aromatic N) is 1. The SMILES string of the molecule is CN1CCC2(CC2)C1.COC(=O)N[C@H](C=O)C(C)C.PS. The lowest BCUT2D eigenvalue weighted by atomic mass is 10.1. The highest BCUT2D eigenvalue weighted by Gasteiger charge is 2.46. The maximum Gasteiger partial charge on any atom is 0.407 e. The number of rotatable bonds is 3. The van der Waals surface area contributed by atoms with Crippen LogP contribution in [0.4, 0.5) is 4.79 Å². The number of thiol groups is 1. The van der Waals surface area contributed by atoms with Crippen LogP contribution in [-0.4, -0.2) is 50.6 Å². The van der Waals surface area contributed by atoms with Crippen LogP contribution in [0.5, 0.6) is 0 Å². The molecule has 7 heteroatoms. The topological polar surface area (TPSA) is 58.6 Å². The molecule has 0 aromatic heterocycles. The third-order valence-electron chi connectivity index (χ3n) is 3.92. The van der Waals surface area contributed by atoms with Gasteiger partial charge >= 0.3 is 6.09 Å². The van der Waals surface area contributed by atoms with E-state index >= 15 is 0 Å². The number of ether oxygens (including phenoxy) is 1. The Balaban J connectivity index is 0.000000349. The minimum atomic E-state index is -0.573. The quantitative estimate of drug-likeness (QED) is 0.472. The van der Waals surface area contributed by atoms with Gasteiger partial charge in [-0.15, -0.1) is 0 Å². The van der Waals surface area contributed by atoms with Crippen LogP contribution in [0.1, 0.15) is 33.1 Å². The molecule has 1 spiro atoms. The highest BCUT2D eigenvalue weighted by atomic mass is 32.7. The minimum absolute atomic E-state index is 0.0894. The fraction of sp³-hybridized carbons (Fsp3) is 0.857. The van der Waals surface area contributed by atoms with Crippen molar-refractivity contribution in [2.24, 2.45) is 11.3 Å². The van der Waals surface area contributed by atoms with E-state index < -0.39 is 12.1 Å². The van der Waals surface area contributed by atoms with E-state index in [1.807, 2.05) is 13.8 Å². The molecule has 0 radical (unpaired) electrons. The van der Waals surface area contributed by atoms with Crippen molar-refractivity contribution in [3.8, 4) is 0 Å². The average Bonchev–Trinajstić information content (AvgIpc) is 3.14. The summed E-state index contributed by atoms with van der Waals surface area (Å²) in [7, 11) is 5.60. The second-order valence-corrected chi connectivity index (χ2v) is 6.03. The number of hydrogen-bond donors (Lipinski definition) is 2. The standard InChI is InChI=1S/C7H13NO3.C7H13N.H3PS/c1-5(2)6(4-9)8-7(10)11-3;1-8-5-4-7(6-8)2-3-7;1-2/h4-6H,1-3H3,(H,8,10);2-6H2,1H3;2H,1H2/t6-;;/m1../s1. The van der Waals surface area contributed by atoms with E-state index in [0.717, 1.165) is 5.41 Å². The van der Waals surface area contributed by atoms with Crippen LogP contribution in [0.2, 0.25) is 0 Å². The molecule has 21 heavy (non-hydrogen) atoms. The van der Waals surface area contributed by atoms with E-state index in [1.165, 1.54) is 39.5 Å². The summed E-state index contributed by atoms with van der Waals surface area (Å²) in [5.41, 5.74) is 0.842. The van der Waals surface area contributed by atoms with Gasteiger partial charge < -0.3 is 19.7 Å². The highest BCUT2D eigenvalue weighted by molar-refractivity contribution is 8.31. The lowest BCUT2D eigenvalue weighted by Gasteiger charge is -2.14. The van der Waals surface area contributed by atoms with Gasteiger partial charge in [0.2, 0.25) is 0 Å². The first-order valence-electron chi connectivity index (χ1n) is 7.16. The summed E-state index contributed by atoms with van der Waals surface area (Å²) in [6.07, 6.45) is 4.62. The molecule has 1 aliphatic carbocycles. The van der Waals surface area contributed by atoms with Crippen LogP contribution < -0.4 is 5.32 Å². The minimum Gasteiger partial charge on any atom is -0.453 e. The molecule has 0 bridgehead atoms. The molecule has 1 amide bonds. The predicted octanol–water partition coefficient (Wildman–Crippen LogP) is 2.37. The Morgan fingerprint density at radius 1 is 1.38 bits per heavy atom. The molecule has 1 aliphatic heterocycles. The van der Waals surface area contributed by atoms with Gasteiger partial charge in [0.1, 0.15) is 6.29 Å². The highest BCUT2D eigenvalue weighted by Crippen LogP contribution is 2.52. The molecule has 124 valence electrons. The molecule has 2 rings (SSSR count). The van der Waals surface area contributed by atoms with Crippen molar-refractivity contribution in [3.05, 3.63) is 0 Å². The number of alkyl carbamates (subject to hydrolysis) is 1. The largest absolute Gasteiger partial charge is 0.453 e. The van der Waals surface area contributed by atoms with Gasteiger partial charge in [0, 0.05) is 6.54 Å². The second kappa shape index (κ2) is 10.4. The summed E-state index contributed by atoms with van der Waals surface area (Å²) >= 11 is 3.44. The molecule has 1 heterocycles. The Kier molecular flexibility index (Phi) is 10.3. The van der Waals surface area contributed by atoms with Crippen molar-refractivity contribution in [2.45, 2.75) is 39.2 Å². The number of aldehydes is 1. The first kappa shape index (κ1) is 20.7. The molecule has 5 nitrogen and oxygen atoms in total. The van der Waals surface area contributed by atoms with Gasteiger partial charge in [-0.25, -0.2) is 4.79 Å². The van der Waals surface area contributed by atoms with Gasteiger partial charge in [0.15, 0.2) is 0 Å². The smallest absolute Gasteiger partial charge is 0.407 e. The zero-order chi connectivity index (χ0) is 16.5. The van der Waals surface area contributed by atoms with Crippen LogP contribution in [0.3, 0.4) is 0 Å². The van der Waals surface area contributed by atoms with Crippen LogP contribution in [0, 0.1) is 11.3 Å². The molecule has 2 fully saturated rings. The van der Waals surface area contributed by atoms with E-state index in [-0.39, 0.29) is 5.92 Å². The second-order valence-electron chi connectivity index (χ2n) is 6.03. The zero-order valence-electron chi connectivity index (χ0n) is 13.5. The number of amides is 1. The fourth-order valence-corrected chi connectivity index (χ4v) is 2.30. The normalized spacial score (nSPS) is 19.8. The van der Waals surface area contributed by atoms with Crippen molar-refractivity contribution in [1.29, 1.82) is 0 Å². The van der Waals surface area contributed by atoms with E-state index in [9.17, 15) is 9.59 Å². The summed E-state index contributed by atoms with van der Waals surface area (Å²) in [4.78, 5) is 23.4. The molecule has 0 aromatic carbocycles. The van der Waals surface area contributed by atoms with Crippen LogP contribution in [0.25, 0.3) is 0 Å². The zero-order valence-corrected chi connectivity index (χ0v) is 15.5. The van der Waals surface area contributed by atoms with Crippen LogP contribution in [-0.2, 0) is 9.53 Å². The summed E-state index contributed by atoms with van der Waals surface area (Å²) < 4.78 is 4.32. The van der Waals surface area contributed by atoms with Crippen molar-refractivity contribution in [3.63, 3.8) is 0 Å². The predicted molar refractivity (Wildman–Crippen MR) is 92.7 cm³/mol. The number of nitrogens with one attached hydrogen (secondary N) is 1. The summed E-state index contributed by atoms with van der Waals surface area (Å²) in [6.45, 7) is 6.41. The Morgan fingerprint density at radius 2 is 1.95 bits per heavy atom. The number of likely N-dealkylation sites (tertiary alicyclic amines) is 1. The molecular weight excluding hydrogens is 307 g/mol. The van der Waals surface area contributed by atoms with E-state index in [4.69, 9.17) is 0 Å². The van der Waals surface area contributed by atoms with Gasteiger partial charge in [0.25, 0.3) is 0 Å². The molecule has 2 atom stereocenters. The molecule has 1 saturated carbocycles. The van der Waals surface area contributed by atoms with E-state index in [1.54, 1.807) is 0 Å². The molecule has 2 aliphatic rings. The number of hydrogen-bond acceptors (Lipinski definition) is 5. The van der Waals surface area contributed by atoms with E-state index in [0.29, 0.717) is 6.29 Å². The van der Waals surface area contributed by atoms with Crippen molar-refractivity contribution < 1.29 is 14.3 Å². The van der Waals surface area contributed by atoms with Gasteiger partial charge in [-0.1, -0.05) is 22.3 Å². The molecule has 1 unspecified atom stereocenters. The lowest BCUT2D eigenvalue weighted by molar-refractivity contribution is -0.110. The van der Waals surface area contributed by atoms with Crippen LogP contribution in [0.15, 0.2) is 0 Å².